The molecule has 166 valence electrons. The number of methoxy groups -OCH3 is 1. The van der Waals surface area contributed by atoms with E-state index >= 15 is 0 Å². The number of carbonyl (C=O) groups is 2. The van der Waals surface area contributed by atoms with E-state index in [4.69, 9.17) is 21.1 Å². The highest BCUT2D eigenvalue weighted by atomic mass is 35.5. The van der Waals surface area contributed by atoms with Gasteiger partial charge in [0.15, 0.2) is 0 Å². The number of likely N-dealkylation sites (tertiary alicyclic amines) is 1. The summed E-state index contributed by atoms with van der Waals surface area (Å²) in [6.45, 7) is 1.85. The summed E-state index contributed by atoms with van der Waals surface area (Å²) < 4.78 is 10.8. The number of anilines is 1. The van der Waals surface area contributed by atoms with Crippen LogP contribution in [0.4, 0.5) is 5.69 Å². The number of hydrogen-bond acceptors (Lipinski definition) is 4. The Hall–Kier alpha value is -2.73. The van der Waals surface area contributed by atoms with Crippen molar-refractivity contribution in [1.82, 2.24) is 4.90 Å². The van der Waals surface area contributed by atoms with E-state index in [-0.39, 0.29) is 11.8 Å². The van der Waals surface area contributed by atoms with Crippen molar-refractivity contribution in [2.45, 2.75) is 32.1 Å². The van der Waals surface area contributed by atoms with Gasteiger partial charge in [0.25, 0.3) is 0 Å². The number of carbonyl (C=O) groups excluding carboxylic acids is 2. The number of piperidine rings is 1. The number of nitrogens with one attached hydrogen (secondary N) is 1. The van der Waals surface area contributed by atoms with Crippen molar-refractivity contribution in [1.29, 1.82) is 0 Å². The average molecular weight is 445 g/mol. The molecule has 1 atom stereocenters. The lowest BCUT2D eigenvalue weighted by molar-refractivity contribution is -0.133. The minimum atomic E-state index is -0.0547. The third kappa shape index (κ3) is 7.17. The molecule has 2 aromatic rings. The highest BCUT2D eigenvalue weighted by molar-refractivity contribution is 6.32. The maximum Gasteiger partial charge on any atom is 0.226 e. The number of hydrogen-bond donors (Lipinski definition) is 1. The number of benzene rings is 2. The summed E-state index contributed by atoms with van der Waals surface area (Å²) in [6.07, 6.45) is 3.52. The summed E-state index contributed by atoms with van der Waals surface area (Å²) in [4.78, 5) is 26.8. The van der Waals surface area contributed by atoms with E-state index in [1.807, 2.05) is 35.2 Å². The number of ether oxygens (including phenoxy) is 2. The molecule has 1 aliphatic heterocycles. The van der Waals surface area contributed by atoms with Gasteiger partial charge in [0.2, 0.25) is 11.8 Å². The summed E-state index contributed by atoms with van der Waals surface area (Å²) in [5, 5.41) is 3.33. The summed E-state index contributed by atoms with van der Waals surface area (Å²) >= 11 is 6.11. The molecule has 31 heavy (non-hydrogen) atoms. The van der Waals surface area contributed by atoms with Gasteiger partial charge in [0, 0.05) is 25.2 Å². The smallest absolute Gasteiger partial charge is 0.226 e. The number of nitrogens with zero attached hydrogens (tertiary/aromatic N) is 1. The zero-order chi connectivity index (χ0) is 22.1. The molecule has 7 heteroatoms. The van der Waals surface area contributed by atoms with Crippen molar-refractivity contribution in [3.63, 3.8) is 0 Å². The third-order valence-corrected chi connectivity index (χ3v) is 5.71. The molecule has 1 saturated heterocycles. The lowest BCUT2D eigenvalue weighted by Gasteiger charge is -2.33. The Labute approximate surface area is 188 Å². The molecular weight excluding hydrogens is 416 g/mol. The lowest BCUT2D eigenvalue weighted by atomic mass is 9.93. The molecule has 0 radical (unpaired) electrons. The Morgan fingerprint density at radius 3 is 2.71 bits per heavy atom. The minimum absolute atomic E-state index is 0.0547. The van der Waals surface area contributed by atoms with Crippen LogP contribution in [0.25, 0.3) is 0 Å². The van der Waals surface area contributed by atoms with E-state index < -0.39 is 0 Å². The van der Waals surface area contributed by atoms with Gasteiger partial charge in [-0.2, -0.15) is 0 Å². The molecule has 0 saturated carbocycles. The Balaban J connectivity index is 1.39. The number of amides is 2. The van der Waals surface area contributed by atoms with Crippen LogP contribution in [0.5, 0.6) is 11.5 Å². The van der Waals surface area contributed by atoms with Crippen LogP contribution in [0.2, 0.25) is 5.02 Å². The molecule has 1 fully saturated rings. The molecule has 0 aromatic heterocycles. The largest absolute Gasteiger partial charge is 0.495 e. The molecule has 0 aliphatic carbocycles. The minimum Gasteiger partial charge on any atom is -0.495 e. The Morgan fingerprint density at radius 1 is 1.16 bits per heavy atom. The highest BCUT2D eigenvalue weighted by Crippen LogP contribution is 2.27. The van der Waals surface area contributed by atoms with Gasteiger partial charge in [0.1, 0.15) is 11.5 Å². The van der Waals surface area contributed by atoms with Crippen molar-refractivity contribution in [2.24, 2.45) is 5.92 Å². The van der Waals surface area contributed by atoms with Gasteiger partial charge in [-0.25, -0.2) is 0 Å². The first-order valence-corrected chi connectivity index (χ1v) is 11.0. The van der Waals surface area contributed by atoms with E-state index in [9.17, 15) is 9.59 Å². The first-order chi connectivity index (χ1) is 15.0. The molecule has 1 aliphatic rings. The normalized spacial score (nSPS) is 15.9. The van der Waals surface area contributed by atoms with Gasteiger partial charge < -0.3 is 19.7 Å². The third-order valence-electron chi connectivity index (χ3n) is 5.41. The van der Waals surface area contributed by atoms with Crippen LogP contribution in [0.15, 0.2) is 48.5 Å². The molecule has 0 spiro atoms. The fourth-order valence-corrected chi connectivity index (χ4v) is 4.02. The first-order valence-electron chi connectivity index (χ1n) is 10.6. The number of rotatable bonds is 9. The first kappa shape index (κ1) is 22.9. The highest BCUT2D eigenvalue weighted by Gasteiger charge is 2.24. The molecule has 0 unspecified atom stereocenters. The molecule has 3 rings (SSSR count). The lowest BCUT2D eigenvalue weighted by Crippen LogP contribution is -2.40. The van der Waals surface area contributed by atoms with Crippen molar-refractivity contribution in [3.05, 3.63) is 53.6 Å². The van der Waals surface area contributed by atoms with Crippen LogP contribution in [0, 0.1) is 5.92 Å². The van der Waals surface area contributed by atoms with Crippen molar-refractivity contribution in [2.75, 3.05) is 32.1 Å². The summed E-state index contributed by atoms with van der Waals surface area (Å²) in [6, 6.07) is 14.7. The van der Waals surface area contributed by atoms with Gasteiger partial charge in [0.05, 0.1) is 25.2 Å². The maximum absolute atomic E-state index is 12.5. The van der Waals surface area contributed by atoms with E-state index in [1.54, 1.807) is 25.3 Å². The van der Waals surface area contributed by atoms with Gasteiger partial charge in [-0.1, -0.05) is 29.8 Å². The second-order valence-corrected chi connectivity index (χ2v) is 8.10. The standard InChI is InChI=1S/C24H29ClN2O4/c1-30-22-11-10-19(16-21(22)25)26-23(28)12-9-18-6-5-14-27(17-18)24(29)13-15-31-20-7-3-2-4-8-20/h2-4,7-8,10-11,16,18H,5-6,9,12-15,17H2,1H3,(H,26,28)/t18-/m0/s1. The maximum atomic E-state index is 12.5. The van der Waals surface area contributed by atoms with Crippen LogP contribution in [0.1, 0.15) is 32.1 Å². The molecule has 1 heterocycles. The second kappa shape index (κ2) is 11.6. The van der Waals surface area contributed by atoms with Gasteiger partial charge in [-0.3, -0.25) is 9.59 Å². The fourth-order valence-electron chi connectivity index (χ4n) is 3.76. The van der Waals surface area contributed by atoms with Crippen molar-refractivity contribution in [3.8, 4) is 11.5 Å². The average Bonchev–Trinajstić information content (AvgIpc) is 2.79. The second-order valence-electron chi connectivity index (χ2n) is 7.70. The summed E-state index contributed by atoms with van der Waals surface area (Å²) in [5.74, 6) is 1.73. The zero-order valence-corrected chi connectivity index (χ0v) is 18.6. The van der Waals surface area contributed by atoms with E-state index in [2.05, 4.69) is 5.32 Å². The Bertz CT molecular complexity index is 875. The van der Waals surface area contributed by atoms with Gasteiger partial charge >= 0.3 is 0 Å². The Morgan fingerprint density at radius 2 is 1.97 bits per heavy atom. The quantitative estimate of drug-likeness (QED) is 0.604. The Kier molecular flexibility index (Phi) is 8.59. The topological polar surface area (TPSA) is 67.9 Å². The van der Waals surface area contributed by atoms with E-state index in [0.29, 0.717) is 48.4 Å². The summed E-state index contributed by atoms with van der Waals surface area (Å²) in [5.41, 5.74) is 0.648. The predicted octanol–water partition coefficient (Wildman–Crippen LogP) is 4.78. The van der Waals surface area contributed by atoms with Gasteiger partial charge in [-0.05, 0) is 55.5 Å². The van der Waals surface area contributed by atoms with E-state index in [0.717, 1.165) is 31.6 Å². The summed E-state index contributed by atoms with van der Waals surface area (Å²) in [7, 11) is 1.55. The molecule has 6 nitrogen and oxygen atoms in total. The number of halogens is 1. The molecule has 0 bridgehead atoms. The van der Waals surface area contributed by atoms with E-state index in [1.165, 1.54) is 0 Å². The predicted molar refractivity (Wildman–Crippen MR) is 122 cm³/mol. The van der Waals surface area contributed by atoms with Gasteiger partial charge in [-0.15, -0.1) is 0 Å². The molecular formula is C24H29ClN2O4. The van der Waals surface area contributed by atoms with Crippen LogP contribution in [-0.2, 0) is 9.59 Å². The molecule has 1 N–H and O–H groups in total. The van der Waals surface area contributed by atoms with Crippen LogP contribution in [-0.4, -0.2) is 43.5 Å². The molecule has 2 amide bonds. The number of para-hydroxylation sites is 1. The van der Waals surface area contributed by atoms with Crippen LogP contribution >= 0.6 is 11.6 Å². The monoisotopic (exact) mass is 444 g/mol. The SMILES string of the molecule is COc1ccc(NC(=O)CC[C@@H]2CCCN(C(=O)CCOc3ccccc3)C2)cc1Cl. The molecule has 2 aromatic carbocycles. The van der Waals surface area contributed by atoms with Crippen LogP contribution < -0.4 is 14.8 Å². The fraction of sp³-hybridized carbons (Fsp3) is 0.417. The van der Waals surface area contributed by atoms with Crippen molar-refractivity contribution >= 4 is 29.1 Å². The van der Waals surface area contributed by atoms with Crippen LogP contribution in [0.3, 0.4) is 0 Å². The zero-order valence-electron chi connectivity index (χ0n) is 17.8. The van der Waals surface area contributed by atoms with Crippen molar-refractivity contribution < 1.29 is 19.1 Å².